The molecule has 0 aliphatic heterocycles. The van der Waals surface area contributed by atoms with E-state index in [9.17, 15) is 14.4 Å². The van der Waals surface area contributed by atoms with Gasteiger partial charge in [-0.15, -0.1) is 0 Å². The van der Waals surface area contributed by atoms with Crippen molar-refractivity contribution in [3.63, 3.8) is 0 Å². The molecule has 0 spiro atoms. The van der Waals surface area contributed by atoms with Gasteiger partial charge in [-0.05, 0) is 69.7 Å². The van der Waals surface area contributed by atoms with Gasteiger partial charge in [0.2, 0.25) is 0 Å². The van der Waals surface area contributed by atoms with Crippen molar-refractivity contribution in [1.82, 2.24) is 10.3 Å². The first kappa shape index (κ1) is 27.1. The van der Waals surface area contributed by atoms with Gasteiger partial charge >= 0.3 is 12.0 Å². The Morgan fingerprint density at radius 3 is 2.26 bits per heavy atom. The SMILES string of the molecule is COC(=O)[C@@](C)(NC(=O)c1nc2ccccc2cc1NC(=O)Nc1c(C)cc(C)cc1C)C1CCCCC1. The Hall–Kier alpha value is -3.94. The summed E-state index contributed by atoms with van der Waals surface area (Å²) < 4.78 is 5.11. The van der Waals surface area contributed by atoms with Gasteiger partial charge in [0.1, 0.15) is 5.54 Å². The van der Waals surface area contributed by atoms with Gasteiger partial charge in [-0.2, -0.15) is 0 Å². The van der Waals surface area contributed by atoms with Gasteiger partial charge in [-0.1, -0.05) is 55.2 Å². The molecular weight excluding hydrogens is 480 g/mol. The van der Waals surface area contributed by atoms with E-state index in [1.807, 2.05) is 51.1 Å². The van der Waals surface area contributed by atoms with E-state index in [0.29, 0.717) is 11.2 Å². The number of hydrogen-bond donors (Lipinski definition) is 3. The van der Waals surface area contributed by atoms with E-state index in [1.165, 1.54) is 7.11 Å². The molecule has 3 aromatic rings. The number of carbonyl (C=O) groups is 3. The first-order chi connectivity index (χ1) is 18.1. The van der Waals surface area contributed by atoms with Crippen LogP contribution in [0.2, 0.25) is 0 Å². The molecular formula is C30H36N4O4. The molecule has 1 aliphatic carbocycles. The van der Waals surface area contributed by atoms with Crippen LogP contribution in [0.25, 0.3) is 10.9 Å². The number of amides is 3. The lowest BCUT2D eigenvalue weighted by Gasteiger charge is -2.38. The Labute approximate surface area is 223 Å². The van der Waals surface area contributed by atoms with Crippen LogP contribution in [0, 0.1) is 26.7 Å². The fraction of sp³-hybridized carbons (Fsp3) is 0.400. The summed E-state index contributed by atoms with van der Waals surface area (Å²) in [4.78, 5) is 44.4. The highest BCUT2D eigenvalue weighted by molar-refractivity contribution is 6.08. The van der Waals surface area contributed by atoms with Gasteiger partial charge in [0.05, 0.1) is 18.3 Å². The summed E-state index contributed by atoms with van der Waals surface area (Å²) in [5.74, 6) is -1.09. The lowest BCUT2D eigenvalue weighted by atomic mass is 9.75. The second-order valence-corrected chi connectivity index (χ2v) is 10.4. The lowest BCUT2D eigenvalue weighted by Crippen LogP contribution is -2.58. The van der Waals surface area contributed by atoms with E-state index in [2.05, 4.69) is 20.9 Å². The second-order valence-electron chi connectivity index (χ2n) is 10.4. The molecule has 1 aromatic heterocycles. The Morgan fingerprint density at radius 2 is 1.61 bits per heavy atom. The van der Waals surface area contributed by atoms with E-state index in [4.69, 9.17) is 4.74 Å². The number of hydrogen-bond acceptors (Lipinski definition) is 5. The molecule has 1 atom stereocenters. The number of nitrogens with one attached hydrogen (secondary N) is 3. The Morgan fingerprint density at radius 1 is 0.947 bits per heavy atom. The highest BCUT2D eigenvalue weighted by atomic mass is 16.5. The minimum absolute atomic E-state index is 0.0298. The molecule has 1 aliphatic rings. The fourth-order valence-corrected chi connectivity index (χ4v) is 5.54. The first-order valence-electron chi connectivity index (χ1n) is 13.1. The summed E-state index contributed by atoms with van der Waals surface area (Å²) in [6.45, 7) is 7.59. The highest BCUT2D eigenvalue weighted by Crippen LogP contribution is 2.34. The van der Waals surface area contributed by atoms with Crippen LogP contribution in [-0.4, -0.2) is 35.5 Å². The van der Waals surface area contributed by atoms with Crippen molar-refractivity contribution in [1.29, 1.82) is 0 Å². The zero-order chi connectivity index (χ0) is 27.4. The van der Waals surface area contributed by atoms with Crippen molar-refractivity contribution < 1.29 is 19.1 Å². The highest BCUT2D eigenvalue weighted by Gasteiger charge is 2.44. The number of rotatable bonds is 6. The van der Waals surface area contributed by atoms with Crippen LogP contribution in [-0.2, 0) is 9.53 Å². The Balaban J connectivity index is 1.67. The number of pyridine rings is 1. The van der Waals surface area contributed by atoms with Gasteiger partial charge in [0.25, 0.3) is 5.91 Å². The van der Waals surface area contributed by atoms with Gasteiger partial charge in [-0.25, -0.2) is 14.6 Å². The second kappa shape index (κ2) is 11.2. The maximum Gasteiger partial charge on any atom is 0.331 e. The number of nitrogens with zero attached hydrogens (tertiary/aromatic N) is 1. The number of carbonyl (C=O) groups excluding carboxylic acids is 3. The number of esters is 1. The number of fused-ring (bicyclic) bond motifs is 1. The lowest BCUT2D eigenvalue weighted by molar-refractivity contribution is -0.150. The average Bonchev–Trinajstić information content (AvgIpc) is 2.90. The minimum Gasteiger partial charge on any atom is -0.467 e. The van der Waals surface area contributed by atoms with Gasteiger partial charge in [0, 0.05) is 11.1 Å². The molecule has 0 radical (unpaired) electrons. The molecule has 0 unspecified atom stereocenters. The van der Waals surface area contributed by atoms with Crippen LogP contribution in [0.1, 0.15) is 66.2 Å². The Bertz CT molecular complexity index is 1360. The quantitative estimate of drug-likeness (QED) is 0.346. The maximum absolute atomic E-state index is 13.7. The third-order valence-corrected chi connectivity index (χ3v) is 7.51. The number of para-hydroxylation sites is 1. The van der Waals surface area contributed by atoms with Crippen molar-refractivity contribution in [3.8, 4) is 0 Å². The van der Waals surface area contributed by atoms with Crippen LogP contribution in [0.5, 0.6) is 0 Å². The number of benzene rings is 2. The summed E-state index contributed by atoms with van der Waals surface area (Å²) in [5.41, 5.74) is 3.36. The molecule has 1 saturated carbocycles. The molecule has 8 heteroatoms. The number of aryl methyl sites for hydroxylation is 3. The van der Waals surface area contributed by atoms with E-state index >= 15 is 0 Å². The van der Waals surface area contributed by atoms with Crippen LogP contribution in [0.4, 0.5) is 16.2 Å². The minimum atomic E-state index is -1.21. The number of anilines is 2. The Kier molecular flexibility index (Phi) is 7.99. The summed E-state index contributed by atoms with van der Waals surface area (Å²) in [6, 6.07) is 12.6. The van der Waals surface area contributed by atoms with Crippen LogP contribution in [0.3, 0.4) is 0 Å². The summed E-state index contributed by atoms with van der Waals surface area (Å²) in [7, 11) is 1.33. The molecule has 3 amide bonds. The van der Waals surface area contributed by atoms with Gasteiger partial charge in [-0.3, -0.25) is 4.79 Å². The number of urea groups is 1. The normalized spacial score (nSPS) is 15.4. The molecule has 38 heavy (non-hydrogen) atoms. The molecule has 200 valence electrons. The first-order valence-corrected chi connectivity index (χ1v) is 13.1. The topological polar surface area (TPSA) is 109 Å². The van der Waals surface area contributed by atoms with Gasteiger partial charge in [0.15, 0.2) is 5.69 Å². The summed E-state index contributed by atoms with van der Waals surface area (Å²) in [5, 5.41) is 9.44. The van der Waals surface area contributed by atoms with Crippen LogP contribution >= 0.6 is 0 Å². The van der Waals surface area contributed by atoms with Crippen LogP contribution in [0.15, 0.2) is 42.5 Å². The zero-order valence-corrected chi connectivity index (χ0v) is 22.7. The van der Waals surface area contributed by atoms with E-state index in [-0.39, 0.29) is 17.3 Å². The zero-order valence-electron chi connectivity index (χ0n) is 22.7. The summed E-state index contributed by atoms with van der Waals surface area (Å²) in [6.07, 6.45) is 4.73. The van der Waals surface area contributed by atoms with Crippen molar-refractivity contribution >= 4 is 40.2 Å². The third-order valence-electron chi connectivity index (χ3n) is 7.51. The molecule has 3 N–H and O–H groups in total. The predicted molar refractivity (Wildman–Crippen MR) is 149 cm³/mol. The van der Waals surface area contributed by atoms with Crippen LogP contribution < -0.4 is 16.0 Å². The van der Waals surface area contributed by atoms with Crippen molar-refractivity contribution in [3.05, 3.63) is 64.8 Å². The standard InChI is InChI=1S/C30H36N4O4/c1-18-15-19(2)25(20(3)16-18)33-29(37)32-24-17-21-11-9-10-14-23(21)31-26(24)27(35)34-30(4,28(36)38-5)22-12-7-6-8-13-22/h9-11,14-17,22H,6-8,12-13H2,1-5H3,(H,34,35)(H2,32,33,37)/t30-/m0/s1. The average molecular weight is 517 g/mol. The predicted octanol–water partition coefficient (Wildman–Crippen LogP) is 6.05. The molecule has 0 bridgehead atoms. The van der Waals surface area contributed by atoms with Gasteiger partial charge < -0.3 is 20.7 Å². The van der Waals surface area contributed by atoms with E-state index in [0.717, 1.165) is 54.2 Å². The molecule has 1 fully saturated rings. The molecule has 8 nitrogen and oxygen atoms in total. The monoisotopic (exact) mass is 516 g/mol. The van der Waals surface area contributed by atoms with Crippen molar-refractivity contribution in [2.75, 3.05) is 17.7 Å². The fourth-order valence-electron chi connectivity index (χ4n) is 5.54. The molecule has 2 aromatic carbocycles. The largest absolute Gasteiger partial charge is 0.467 e. The smallest absolute Gasteiger partial charge is 0.331 e. The molecule has 4 rings (SSSR count). The van der Waals surface area contributed by atoms with E-state index < -0.39 is 23.4 Å². The van der Waals surface area contributed by atoms with Crippen molar-refractivity contribution in [2.24, 2.45) is 5.92 Å². The number of aromatic nitrogens is 1. The summed E-state index contributed by atoms with van der Waals surface area (Å²) >= 11 is 0. The number of methoxy groups -OCH3 is 1. The number of ether oxygens (including phenoxy) is 1. The van der Waals surface area contributed by atoms with E-state index in [1.54, 1.807) is 19.1 Å². The molecule has 0 saturated heterocycles. The molecule has 1 heterocycles. The van der Waals surface area contributed by atoms with Crippen molar-refractivity contribution in [2.45, 2.75) is 65.3 Å². The maximum atomic E-state index is 13.7. The third kappa shape index (κ3) is 5.64.